The number of carbonyl (C=O) groups is 1. The smallest absolute Gasteiger partial charge is 0.286 e. The van der Waals surface area contributed by atoms with Crippen LogP contribution in [0.1, 0.15) is 47.3 Å². The minimum absolute atomic E-state index is 0.228. The van der Waals surface area contributed by atoms with Crippen LogP contribution in [0.5, 0.6) is 0 Å². The second-order valence-corrected chi connectivity index (χ2v) is 9.32. The summed E-state index contributed by atoms with van der Waals surface area (Å²) < 4.78 is 7.16. The summed E-state index contributed by atoms with van der Waals surface area (Å²) in [4.78, 5) is 13.3. The second kappa shape index (κ2) is 9.47. The van der Waals surface area contributed by atoms with Gasteiger partial charge in [0, 0.05) is 29.2 Å². The Hall–Kier alpha value is -2.38. The van der Waals surface area contributed by atoms with Crippen molar-refractivity contribution in [2.24, 2.45) is 0 Å². The maximum absolute atomic E-state index is 13.3. The number of nitrogens with one attached hydrogen (secondary N) is 1. The zero-order valence-electron chi connectivity index (χ0n) is 18.5. The predicted molar refractivity (Wildman–Crippen MR) is 130 cm³/mol. The van der Waals surface area contributed by atoms with Crippen molar-refractivity contribution in [3.8, 4) is 16.9 Å². The molecule has 0 radical (unpaired) electrons. The van der Waals surface area contributed by atoms with E-state index in [-0.39, 0.29) is 5.91 Å². The maximum Gasteiger partial charge on any atom is 0.286 e. The van der Waals surface area contributed by atoms with E-state index in [1.165, 1.54) is 18.4 Å². The molecule has 3 aromatic rings. The van der Waals surface area contributed by atoms with Crippen molar-refractivity contribution >= 4 is 29.1 Å². The number of hydrogen-bond acceptors (Lipinski definition) is 4. The first-order valence-corrected chi connectivity index (χ1v) is 12.1. The molecule has 172 valence electrons. The van der Waals surface area contributed by atoms with Gasteiger partial charge >= 0.3 is 0 Å². The first kappa shape index (κ1) is 22.4. The van der Waals surface area contributed by atoms with E-state index in [9.17, 15) is 4.79 Å². The lowest BCUT2D eigenvalue weighted by Gasteiger charge is -2.26. The summed E-state index contributed by atoms with van der Waals surface area (Å²) in [6.45, 7) is 4.51. The number of benzene rings is 2. The molecule has 0 unspecified atom stereocenters. The van der Waals surface area contributed by atoms with Crippen LogP contribution in [-0.4, -0.2) is 47.0 Å². The molecule has 1 N–H and O–H groups in total. The largest absolute Gasteiger partial charge is 0.379 e. The number of halogens is 2. The van der Waals surface area contributed by atoms with Gasteiger partial charge in [-0.25, -0.2) is 9.69 Å². The molecule has 1 saturated carbocycles. The molecule has 2 fully saturated rings. The minimum atomic E-state index is -0.228. The van der Waals surface area contributed by atoms with Gasteiger partial charge in [-0.3, -0.25) is 10.2 Å². The number of hydrogen-bond donors (Lipinski definition) is 1. The van der Waals surface area contributed by atoms with Crippen LogP contribution in [0.25, 0.3) is 16.9 Å². The van der Waals surface area contributed by atoms with Gasteiger partial charge in [0.25, 0.3) is 5.91 Å². The fraction of sp³-hybridized carbons (Fsp3) is 0.360. The van der Waals surface area contributed by atoms with Crippen LogP contribution in [0.2, 0.25) is 10.0 Å². The summed E-state index contributed by atoms with van der Waals surface area (Å²) in [6.07, 6.45) is 3.16. The lowest BCUT2D eigenvalue weighted by molar-refractivity contribution is 0.0124. The van der Waals surface area contributed by atoms with Crippen LogP contribution < -0.4 is 5.43 Å². The summed E-state index contributed by atoms with van der Waals surface area (Å²) in [5, 5.41) is 7.68. The Morgan fingerprint density at radius 3 is 2.48 bits per heavy atom. The molecule has 5 rings (SSSR count). The maximum atomic E-state index is 13.3. The highest BCUT2D eigenvalue weighted by atomic mass is 35.5. The molecule has 6 nitrogen and oxygen atoms in total. The van der Waals surface area contributed by atoms with Crippen molar-refractivity contribution in [2.75, 3.05) is 26.3 Å². The number of nitrogens with zero attached hydrogens (tertiary/aromatic N) is 3. The molecule has 2 aromatic carbocycles. The van der Waals surface area contributed by atoms with Crippen molar-refractivity contribution in [2.45, 2.75) is 32.1 Å². The van der Waals surface area contributed by atoms with Gasteiger partial charge in [-0.2, -0.15) is 5.10 Å². The molecule has 2 aliphatic rings. The third-order valence-electron chi connectivity index (χ3n) is 6.19. The topological polar surface area (TPSA) is 59.4 Å². The molecule has 0 atom stereocenters. The molecule has 1 amide bonds. The number of carbonyl (C=O) groups excluding carboxylic acids is 1. The van der Waals surface area contributed by atoms with E-state index in [0.717, 1.165) is 16.8 Å². The van der Waals surface area contributed by atoms with Gasteiger partial charge in [-0.1, -0.05) is 54.4 Å². The van der Waals surface area contributed by atoms with Crippen LogP contribution in [0, 0.1) is 0 Å². The van der Waals surface area contributed by atoms with Gasteiger partial charge < -0.3 is 4.74 Å². The van der Waals surface area contributed by atoms with E-state index in [1.807, 2.05) is 18.0 Å². The van der Waals surface area contributed by atoms with Gasteiger partial charge in [-0.15, -0.1) is 0 Å². The summed E-state index contributed by atoms with van der Waals surface area (Å²) in [5.41, 5.74) is 8.19. The van der Waals surface area contributed by atoms with Gasteiger partial charge in [0.15, 0.2) is 5.69 Å². The number of aromatic nitrogens is 2. The van der Waals surface area contributed by atoms with Crippen molar-refractivity contribution in [3.63, 3.8) is 0 Å². The first-order chi connectivity index (χ1) is 16.0. The van der Waals surface area contributed by atoms with Crippen LogP contribution in [0.15, 0.2) is 42.5 Å². The van der Waals surface area contributed by atoms with Gasteiger partial charge in [0.2, 0.25) is 0 Å². The highest BCUT2D eigenvalue weighted by Crippen LogP contribution is 2.41. The molecule has 0 bridgehead atoms. The predicted octanol–water partition coefficient (Wildman–Crippen LogP) is 5.26. The zero-order valence-corrected chi connectivity index (χ0v) is 20.0. The molecule has 8 heteroatoms. The fourth-order valence-electron chi connectivity index (χ4n) is 4.29. The van der Waals surface area contributed by atoms with E-state index < -0.39 is 0 Å². The quantitative estimate of drug-likeness (QED) is 0.518. The van der Waals surface area contributed by atoms with Crippen molar-refractivity contribution in [1.82, 2.24) is 20.2 Å². The average molecular weight is 485 g/mol. The van der Waals surface area contributed by atoms with Gasteiger partial charge in [-0.05, 0) is 48.9 Å². The molecule has 1 aliphatic heterocycles. The minimum Gasteiger partial charge on any atom is -0.379 e. The van der Waals surface area contributed by atoms with E-state index in [1.54, 1.807) is 16.8 Å². The van der Waals surface area contributed by atoms with E-state index in [0.29, 0.717) is 60.1 Å². The molecule has 1 aliphatic carbocycles. The Bertz CT molecular complexity index is 1170. The lowest BCUT2D eigenvalue weighted by atomic mass is 10.0. The lowest BCUT2D eigenvalue weighted by Crippen LogP contribution is -2.48. The van der Waals surface area contributed by atoms with Crippen molar-refractivity contribution in [1.29, 1.82) is 0 Å². The highest BCUT2D eigenvalue weighted by Gasteiger charge is 2.27. The number of amides is 1. The van der Waals surface area contributed by atoms with Crippen LogP contribution in [0.3, 0.4) is 0 Å². The Morgan fingerprint density at radius 1 is 1.12 bits per heavy atom. The Morgan fingerprint density at radius 2 is 1.85 bits per heavy atom. The molecular formula is C25H26Cl2N4O2. The molecule has 2 heterocycles. The molecule has 33 heavy (non-hydrogen) atoms. The van der Waals surface area contributed by atoms with Crippen molar-refractivity contribution < 1.29 is 9.53 Å². The highest BCUT2D eigenvalue weighted by molar-refractivity contribution is 6.35. The number of rotatable bonds is 6. The molecule has 1 saturated heterocycles. The Kier molecular flexibility index (Phi) is 6.43. The van der Waals surface area contributed by atoms with Gasteiger partial charge in [0.1, 0.15) is 0 Å². The molecule has 0 spiro atoms. The SMILES string of the molecule is CCc1c(C(=O)NN2CCOCC2)nn(-c2ccc(Cl)cc2Cl)c1-c1ccc(C2CC2)cc1. The summed E-state index contributed by atoms with van der Waals surface area (Å²) in [7, 11) is 0. The Labute approximate surface area is 203 Å². The second-order valence-electron chi connectivity index (χ2n) is 8.47. The molecular weight excluding hydrogens is 459 g/mol. The van der Waals surface area contributed by atoms with E-state index in [4.69, 9.17) is 33.0 Å². The van der Waals surface area contributed by atoms with Crippen LogP contribution in [-0.2, 0) is 11.2 Å². The third-order valence-corrected chi connectivity index (χ3v) is 6.73. The van der Waals surface area contributed by atoms with Crippen molar-refractivity contribution in [3.05, 3.63) is 69.3 Å². The fourth-order valence-corrected chi connectivity index (χ4v) is 4.78. The number of ether oxygens (including phenoxy) is 1. The Balaban J connectivity index is 1.60. The monoisotopic (exact) mass is 484 g/mol. The standard InChI is InChI=1S/C25H26Cl2N4O2/c1-2-20-23(25(32)29-30-11-13-33-14-12-30)28-31(22-10-9-19(26)15-21(22)27)24(20)18-7-5-17(6-8-18)16-3-4-16/h5-10,15-16H,2-4,11-14H2,1H3,(H,29,32). The van der Waals surface area contributed by atoms with Crippen LogP contribution >= 0.6 is 23.2 Å². The van der Waals surface area contributed by atoms with Gasteiger partial charge in [0.05, 0.1) is 29.6 Å². The van der Waals surface area contributed by atoms with E-state index >= 15 is 0 Å². The summed E-state index contributed by atoms with van der Waals surface area (Å²) in [5.74, 6) is 0.448. The summed E-state index contributed by atoms with van der Waals surface area (Å²) in [6, 6.07) is 13.9. The molecule has 1 aromatic heterocycles. The normalized spacial score (nSPS) is 16.7. The van der Waals surface area contributed by atoms with E-state index in [2.05, 4.69) is 29.7 Å². The van der Waals surface area contributed by atoms with Crippen LogP contribution in [0.4, 0.5) is 0 Å². The first-order valence-electron chi connectivity index (χ1n) is 11.4. The zero-order chi connectivity index (χ0) is 22.9. The third kappa shape index (κ3) is 4.66. The number of hydrazine groups is 1. The number of morpholine rings is 1. The summed E-state index contributed by atoms with van der Waals surface area (Å²) >= 11 is 12.7. The average Bonchev–Trinajstić information content (AvgIpc) is 3.60.